The molecule has 5 atom stereocenters. The zero-order valence-corrected chi connectivity index (χ0v) is 14.0. The fourth-order valence-electron chi connectivity index (χ4n) is 4.79. The van der Waals surface area contributed by atoms with Gasteiger partial charge < -0.3 is 15.3 Å². The van der Waals surface area contributed by atoms with Crippen LogP contribution in [0, 0.1) is 5.92 Å². The quantitative estimate of drug-likeness (QED) is 0.881. The van der Waals surface area contributed by atoms with E-state index in [-0.39, 0.29) is 18.0 Å². The van der Waals surface area contributed by atoms with Crippen molar-refractivity contribution in [3.8, 4) is 0 Å². The average Bonchev–Trinajstić information content (AvgIpc) is 3.19. The highest BCUT2D eigenvalue weighted by Crippen LogP contribution is 2.41. The molecule has 2 aliphatic carbocycles. The van der Waals surface area contributed by atoms with E-state index in [9.17, 15) is 9.90 Å². The summed E-state index contributed by atoms with van der Waals surface area (Å²) in [6.07, 6.45) is 11.3. The highest BCUT2D eigenvalue weighted by Gasteiger charge is 2.46. The number of aromatic nitrogens is 2. The van der Waals surface area contributed by atoms with Crippen molar-refractivity contribution in [3.63, 3.8) is 0 Å². The Kier molecular flexibility index (Phi) is 4.39. The van der Waals surface area contributed by atoms with Crippen LogP contribution in [0.3, 0.4) is 0 Å². The van der Waals surface area contributed by atoms with Gasteiger partial charge in [0.05, 0.1) is 12.1 Å². The maximum Gasteiger partial charge on any atom is 0.243 e. The van der Waals surface area contributed by atoms with Crippen LogP contribution in [0.15, 0.2) is 18.5 Å². The fourth-order valence-corrected chi connectivity index (χ4v) is 4.79. The fraction of sp³-hybridized carbons (Fsp3) is 0.722. The van der Waals surface area contributed by atoms with Crippen molar-refractivity contribution >= 4 is 11.9 Å². The Morgan fingerprint density at radius 1 is 1.12 bits per heavy atom. The summed E-state index contributed by atoms with van der Waals surface area (Å²) in [6, 6.07) is 1.86. The van der Waals surface area contributed by atoms with Crippen LogP contribution in [-0.4, -0.2) is 45.2 Å². The van der Waals surface area contributed by atoms with Gasteiger partial charge in [-0.25, -0.2) is 9.97 Å². The first-order chi connectivity index (χ1) is 11.7. The van der Waals surface area contributed by atoms with Gasteiger partial charge in [-0.2, -0.15) is 0 Å². The van der Waals surface area contributed by atoms with E-state index in [1.165, 1.54) is 19.3 Å². The highest BCUT2D eigenvalue weighted by atomic mass is 16.3. The molecule has 1 aliphatic heterocycles. The van der Waals surface area contributed by atoms with Crippen LogP contribution in [0.4, 0.5) is 5.95 Å². The zero-order chi connectivity index (χ0) is 16.5. The van der Waals surface area contributed by atoms with Crippen molar-refractivity contribution in [3.05, 3.63) is 18.5 Å². The molecule has 2 heterocycles. The number of nitrogens with one attached hydrogen (secondary N) is 1. The summed E-state index contributed by atoms with van der Waals surface area (Å²) in [7, 11) is 0. The van der Waals surface area contributed by atoms with E-state index in [4.69, 9.17) is 0 Å². The molecule has 1 aromatic rings. The summed E-state index contributed by atoms with van der Waals surface area (Å²) in [5.74, 6) is 1.24. The van der Waals surface area contributed by atoms with Crippen LogP contribution < -0.4 is 10.2 Å². The second-order valence-electron chi connectivity index (χ2n) is 7.43. The third kappa shape index (κ3) is 2.88. The number of aliphatic hydroxyl groups is 1. The van der Waals surface area contributed by atoms with E-state index in [2.05, 4.69) is 20.2 Å². The molecule has 1 amide bonds. The standard InChI is InChI=1S/C18H26N4O2/c23-16-8-3-6-13(16)21-17(24)15-11-12-5-1-2-7-14(12)22(15)18-19-9-4-10-20-18/h4,9-10,12-16,23H,1-3,5-8,11H2,(H,21,24). The van der Waals surface area contributed by atoms with Gasteiger partial charge in [-0.1, -0.05) is 12.8 Å². The molecule has 6 nitrogen and oxygen atoms in total. The first-order valence-electron chi connectivity index (χ1n) is 9.28. The van der Waals surface area contributed by atoms with Gasteiger partial charge in [0.25, 0.3) is 0 Å². The van der Waals surface area contributed by atoms with Gasteiger partial charge in [-0.05, 0) is 50.5 Å². The van der Waals surface area contributed by atoms with Gasteiger partial charge in [0, 0.05) is 18.4 Å². The number of nitrogens with zero attached hydrogens (tertiary/aromatic N) is 3. The largest absolute Gasteiger partial charge is 0.391 e. The molecule has 24 heavy (non-hydrogen) atoms. The van der Waals surface area contributed by atoms with Crippen molar-refractivity contribution in [2.45, 2.75) is 75.6 Å². The normalized spacial score (nSPS) is 35.7. The van der Waals surface area contributed by atoms with Gasteiger partial charge in [0.1, 0.15) is 6.04 Å². The van der Waals surface area contributed by atoms with Gasteiger partial charge in [-0.3, -0.25) is 4.79 Å². The number of carbonyl (C=O) groups is 1. The number of hydrogen-bond acceptors (Lipinski definition) is 5. The Morgan fingerprint density at radius 2 is 1.92 bits per heavy atom. The van der Waals surface area contributed by atoms with E-state index >= 15 is 0 Å². The molecule has 4 rings (SSSR count). The lowest BCUT2D eigenvalue weighted by molar-refractivity contribution is -0.123. The smallest absolute Gasteiger partial charge is 0.243 e. The van der Waals surface area contributed by atoms with Crippen LogP contribution in [-0.2, 0) is 4.79 Å². The second-order valence-corrected chi connectivity index (χ2v) is 7.43. The minimum atomic E-state index is -0.404. The molecule has 1 aromatic heterocycles. The van der Waals surface area contributed by atoms with E-state index in [0.717, 1.165) is 32.1 Å². The Balaban J connectivity index is 1.56. The summed E-state index contributed by atoms with van der Waals surface area (Å²) in [5, 5.41) is 13.1. The van der Waals surface area contributed by atoms with E-state index in [0.29, 0.717) is 17.9 Å². The van der Waals surface area contributed by atoms with Crippen molar-refractivity contribution in [1.29, 1.82) is 0 Å². The van der Waals surface area contributed by atoms with Crippen molar-refractivity contribution in [2.24, 2.45) is 5.92 Å². The van der Waals surface area contributed by atoms with Crippen LogP contribution in [0.5, 0.6) is 0 Å². The first-order valence-corrected chi connectivity index (χ1v) is 9.28. The predicted molar refractivity (Wildman–Crippen MR) is 90.5 cm³/mol. The Labute approximate surface area is 142 Å². The lowest BCUT2D eigenvalue weighted by Crippen LogP contribution is -2.51. The molecular formula is C18H26N4O2. The monoisotopic (exact) mass is 330 g/mol. The molecule has 5 unspecified atom stereocenters. The molecule has 0 spiro atoms. The van der Waals surface area contributed by atoms with E-state index in [1.54, 1.807) is 12.4 Å². The lowest BCUT2D eigenvalue weighted by Gasteiger charge is -2.33. The van der Waals surface area contributed by atoms with Gasteiger partial charge in [0.2, 0.25) is 11.9 Å². The number of anilines is 1. The number of fused-ring (bicyclic) bond motifs is 1. The average molecular weight is 330 g/mol. The maximum atomic E-state index is 13.0. The third-order valence-corrected chi connectivity index (χ3v) is 5.98. The number of amides is 1. The zero-order valence-electron chi connectivity index (χ0n) is 14.0. The SMILES string of the molecule is O=C(NC1CCCC1O)C1CC2CCCCC2N1c1ncccn1. The molecule has 0 radical (unpaired) electrons. The number of rotatable bonds is 3. The van der Waals surface area contributed by atoms with Crippen LogP contribution in [0.25, 0.3) is 0 Å². The van der Waals surface area contributed by atoms with Gasteiger partial charge in [0.15, 0.2) is 0 Å². The molecular weight excluding hydrogens is 304 g/mol. The highest BCUT2D eigenvalue weighted by molar-refractivity contribution is 5.86. The minimum absolute atomic E-state index is 0.0304. The topological polar surface area (TPSA) is 78.4 Å². The molecule has 1 saturated heterocycles. The van der Waals surface area contributed by atoms with Crippen LogP contribution >= 0.6 is 0 Å². The lowest BCUT2D eigenvalue weighted by atomic mass is 9.85. The molecule has 0 aromatic carbocycles. The van der Waals surface area contributed by atoms with Crippen LogP contribution in [0.2, 0.25) is 0 Å². The predicted octanol–water partition coefficient (Wildman–Crippen LogP) is 1.64. The molecule has 6 heteroatoms. The van der Waals surface area contributed by atoms with Gasteiger partial charge >= 0.3 is 0 Å². The molecule has 2 saturated carbocycles. The molecule has 3 aliphatic rings. The van der Waals surface area contributed by atoms with Crippen molar-refractivity contribution < 1.29 is 9.90 Å². The number of aliphatic hydroxyl groups excluding tert-OH is 1. The number of carbonyl (C=O) groups excluding carboxylic acids is 1. The summed E-state index contributed by atoms with van der Waals surface area (Å²) in [5.41, 5.74) is 0. The summed E-state index contributed by atoms with van der Waals surface area (Å²) in [6.45, 7) is 0. The molecule has 130 valence electrons. The van der Waals surface area contributed by atoms with Crippen LogP contribution in [0.1, 0.15) is 51.4 Å². The Bertz CT molecular complexity index is 582. The Hall–Kier alpha value is -1.69. The van der Waals surface area contributed by atoms with E-state index < -0.39 is 6.10 Å². The third-order valence-electron chi connectivity index (χ3n) is 5.98. The van der Waals surface area contributed by atoms with Crippen molar-refractivity contribution in [2.75, 3.05) is 4.90 Å². The summed E-state index contributed by atoms with van der Waals surface area (Å²) < 4.78 is 0. The van der Waals surface area contributed by atoms with Crippen molar-refractivity contribution in [1.82, 2.24) is 15.3 Å². The minimum Gasteiger partial charge on any atom is -0.391 e. The molecule has 0 bridgehead atoms. The maximum absolute atomic E-state index is 13.0. The number of hydrogen-bond donors (Lipinski definition) is 2. The Morgan fingerprint density at radius 3 is 2.67 bits per heavy atom. The summed E-state index contributed by atoms with van der Waals surface area (Å²) >= 11 is 0. The first kappa shape index (κ1) is 15.8. The second kappa shape index (κ2) is 6.67. The summed E-state index contributed by atoms with van der Waals surface area (Å²) in [4.78, 5) is 23.9. The molecule has 2 N–H and O–H groups in total. The van der Waals surface area contributed by atoms with Gasteiger partial charge in [-0.15, -0.1) is 0 Å². The van der Waals surface area contributed by atoms with E-state index in [1.807, 2.05) is 6.07 Å². The molecule has 3 fully saturated rings.